The lowest BCUT2D eigenvalue weighted by Crippen LogP contribution is -1.89. The summed E-state index contributed by atoms with van der Waals surface area (Å²) >= 11 is 0. The first-order valence-corrected chi connectivity index (χ1v) is 4.12. The van der Waals surface area contributed by atoms with Crippen LogP contribution in [0.3, 0.4) is 0 Å². The molecule has 0 spiro atoms. The van der Waals surface area contributed by atoms with Crippen LogP contribution in [0.15, 0.2) is 30.0 Å². The van der Waals surface area contributed by atoms with Gasteiger partial charge in [0.25, 0.3) is 0 Å². The first-order chi connectivity index (χ1) is 6.22. The van der Waals surface area contributed by atoms with E-state index >= 15 is 0 Å². The molecule has 0 fully saturated rings. The predicted octanol–water partition coefficient (Wildman–Crippen LogP) is 2.07. The first-order valence-electron chi connectivity index (χ1n) is 4.12. The second-order valence-corrected chi connectivity index (χ2v) is 2.96. The maximum Gasteiger partial charge on any atom is 0.0669 e. The van der Waals surface area contributed by atoms with Crippen molar-refractivity contribution in [3.8, 4) is 6.07 Å². The molecule has 0 bridgehead atoms. The number of hydrogen-bond acceptors (Lipinski definition) is 2. The Hall–Kier alpha value is -1.75. The minimum absolute atomic E-state index is 0.464. The Kier molecular flexibility index (Phi) is 3.10. The van der Waals surface area contributed by atoms with Gasteiger partial charge in [-0.1, -0.05) is 24.3 Å². The Morgan fingerprint density at radius 2 is 2.08 bits per heavy atom. The molecule has 0 saturated carbocycles. The van der Waals surface area contributed by atoms with Gasteiger partial charge in [-0.25, -0.2) is 0 Å². The molecule has 0 heterocycles. The molecular formula is C11H12N2. The van der Waals surface area contributed by atoms with Crippen molar-refractivity contribution in [1.29, 1.82) is 5.26 Å². The van der Waals surface area contributed by atoms with E-state index in [2.05, 4.69) is 6.07 Å². The van der Waals surface area contributed by atoms with Gasteiger partial charge in [0.1, 0.15) is 0 Å². The second-order valence-electron chi connectivity index (χ2n) is 2.96. The fourth-order valence-corrected chi connectivity index (χ4v) is 1.09. The summed E-state index contributed by atoms with van der Waals surface area (Å²) in [5.41, 5.74) is 8.42. The fraction of sp³-hybridized carbons (Fsp3) is 0.182. The van der Waals surface area contributed by atoms with Gasteiger partial charge in [0.15, 0.2) is 0 Å². The molecule has 2 heteroatoms. The fourth-order valence-electron chi connectivity index (χ4n) is 1.09. The zero-order valence-electron chi connectivity index (χ0n) is 7.62. The maximum absolute atomic E-state index is 8.45. The zero-order chi connectivity index (χ0) is 9.68. The van der Waals surface area contributed by atoms with Gasteiger partial charge in [-0.3, -0.25) is 0 Å². The van der Waals surface area contributed by atoms with E-state index < -0.39 is 0 Å². The van der Waals surface area contributed by atoms with Crippen molar-refractivity contribution in [2.45, 2.75) is 13.3 Å². The van der Waals surface area contributed by atoms with Crippen LogP contribution in [0.1, 0.15) is 18.1 Å². The van der Waals surface area contributed by atoms with Crippen LogP contribution >= 0.6 is 0 Å². The van der Waals surface area contributed by atoms with Crippen LogP contribution in [0.25, 0.3) is 6.08 Å². The lowest BCUT2D eigenvalue weighted by atomic mass is 10.1. The molecule has 0 atom stereocenters. The molecular weight excluding hydrogens is 160 g/mol. The summed E-state index contributed by atoms with van der Waals surface area (Å²) in [5, 5.41) is 8.45. The minimum Gasteiger partial charge on any atom is -0.402 e. The Labute approximate surface area is 78.3 Å². The summed E-state index contributed by atoms with van der Waals surface area (Å²) < 4.78 is 0. The van der Waals surface area contributed by atoms with Crippen LogP contribution in [-0.4, -0.2) is 0 Å². The van der Waals surface area contributed by atoms with Crippen molar-refractivity contribution in [2.75, 3.05) is 0 Å². The monoisotopic (exact) mass is 172 g/mol. The molecule has 0 radical (unpaired) electrons. The number of nitriles is 1. The Bertz CT molecular complexity index is 337. The van der Waals surface area contributed by atoms with Gasteiger partial charge >= 0.3 is 0 Å². The standard InChI is InChI=1S/C11H12N2/c1-9(13)8-11-4-2-10(3-5-11)6-7-12/h2-5,8H,6,13H2,1H3/b9-8+. The topological polar surface area (TPSA) is 49.8 Å². The Balaban J connectivity index is 2.83. The number of nitrogens with two attached hydrogens (primary N) is 1. The van der Waals surface area contributed by atoms with Crippen LogP contribution in [0.4, 0.5) is 0 Å². The van der Waals surface area contributed by atoms with E-state index in [1.54, 1.807) is 0 Å². The molecule has 0 aliphatic heterocycles. The highest BCUT2D eigenvalue weighted by molar-refractivity contribution is 5.52. The summed E-state index contributed by atoms with van der Waals surface area (Å²) in [5.74, 6) is 0. The van der Waals surface area contributed by atoms with E-state index in [1.807, 2.05) is 37.3 Å². The van der Waals surface area contributed by atoms with E-state index in [1.165, 1.54) is 0 Å². The highest BCUT2D eigenvalue weighted by Gasteiger charge is 1.91. The molecule has 1 aromatic rings. The van der Waals surface area contributed by atoms with Crippen LogP contribution in [0.2, 0.25) is 0 Å². The number of benzene rings is 1. The van der Waals surface area contributed by atoms with Crippen LogP contribution in [0.5, 0.6) is 0 Å². The highest BCUT2D eigenvalue weighted by Crippen LogP contribution is 2.07. The molecule has 2 nitrogen and oxygen atoms in total. The molecule has 0 unspecified atom stereocenters. The van der Waals surface area contributed by atoms with E-state index in [9.17, 15) is 0 Å². The average molecular weight is 172 g/mol. The third-order valence-corrected chi connectivity index (χ3v) is 1.66. The van der Waals surface area contributed by atoms with Crippen molar-refractivity contribution in [2.24, 2.45) is 5.73 Å². The maximum atomic E-state index is 8.45. The molecule has 0 aromatic heterocycles. The summed E-state index contributed by atoms with van der Waals surface area (Å²) in [6.07, 6.45) is 2.36. The van der Waals surface area contributed by atoms with Gasteiger partial charge in [0.05, 0.1) is 12.5 Å². The summed E-state index contributed by atoms with van der Waals surface area (Å²) in [6.45, 7) is 1.85. The van der Waals surface area contributed by atoms with Crippen molar-refractivity contribution in [3.63, 3.8) is 0 Å². The molecule has 1 rings (SSSR count). The van der Waals surface area contributed by atoms with Gasteiger partial charge in [0, 0.05) is 5.70 Å². The van der Waals surface area contributed by atoms with Gasteiger partial charge < -0.3 is 5.73 Å². The van der Waals surface area contributed by atoms with Crippen LogP contribution in [-0.2, 0) is 6.42 Å². The molecule has 2 N–H and O–H groups in total. The SMILES string of the molecule is C/C(N)=C\c1ccc(CC#N)cc1. The van der Waals surface area contributed by atoms with Crippen molar-refractivity contribution in [3.05, 3.63) is 41.1 Å². The minimum atomic E-state index is 0.464. The van der Waals surface area contributed by atoms with Crippen LogP contribution in [0, 0.1) is 11.3 Å². The van der Waals surface area contributed by atoms with Gasteiger partial charge in [0.2, 0.25) is 0 Å². The molecule has 0 aliphatic carbocycles. The lowest BCUT2D eigenvalue weighted by molar-refractivity contribution is 1.26. The summed E-state index contributed by atoms with van der Waals surface area (Å²) in [7, 11) is 0. The van der Waals surface area contributed by atoms with Crippen molar-refractivity contribution < 1.29 is 0 Å². The summed E-state index contributed by atoms with van der Waals surface area (Å²) in [4.78, 5) is 0. The third-order valence-electron chi connectivity index (χ3n) is 1.66. The van der Waals surface area contributed by atoms with Crippen LogP contribution < -0.4 is 5.73 Å². The Morgan fingerprint density at radius 1 is 1.46 bits per heavy atom. The third kappa shape index (κ3) is 3.00. The van der Waals surface area contributed by atoms with Crippen molar-refractivity contribution >= 4 is 6.08 Å². The zero-order valence-corrected chi connectivity index (χ0v) is 7.62. The average Bonchev–Trinajstić information content (AvgIpc) is 2.08. The van der Waals surface area contributed by atoms with E-state index in [0.29, 0.717) is 6.42 Å². The number of allylic oxidation sites excluding steroid dienone is 1. The predicted molar refractivity (Wildman–Crippen MR) is 53.6 cm³/mol. The van der Waals surface area contributed by atoms with Gasteiger partial charge in [-0.05, 0) is 24.1 Å². The molecule has 66 valence electrons. The van der Waals surface area contributed by atoms with E-state index in [0.717, 1.165) is 16.8 Å². The lowest BCUT2D eigenvalue weighted by Gasteiger charge is -1.96. The van der Waals surface area contributed by atoms with Crippen molar-refractivity contribution in [1.82, 2.24) is 0 Å². The number of rotatable bonds is 2. The first kappa shape index (κ1) is 9.34. The van der Waals surface area contributed by atoms with Gasteiger partial charge in [-0.2, -0.15) is 5.26 Å². The van der Waals surface area contributed by atoms with E-state index in [-0.39, 0.29) is 0 Å². The molecule has 0 amide bonds. The largest absolute Gasteiger partial charge is 0.402 e. The molecule has 0 saturated heterocycles. The Morgan fingerprint density at radius 3 is 2.54 bits per heavy atom. The number of hydrogen-bond donors (Lipinski definition) is 1. The highest BCUT2D eigenvalue weighted by atomic mass is 14.5. The van der Waals surface area contributed by atoms with E-state index in [4.69, 9.17) is 11.0 Å². The second kappa shape index (κ2) is 4.32. The summed E-state index contributed by atoms with van der Waals surface area (Å²) in [6, 6.07) is 9.91. The smallest absolute Gasteiger partial charge is 0.0669 e. The molecule has 1 aromatic carbocycles. The quantitative estimate of drug-likeness (QED) is 0.742. The number of nitrogens with zero attached hydrogens (tertiary/aromatic N) is 1. The molecule has 0 aliphatic rings. The van der Waals surface area contributed by atoms with Gasteiger partial charge in [-0.15, -0.1) is 0 Å². The normalized spacial score (nSPS) is 10.9. The molecule has 13 heavy (non-hydrogen) atoms.